The highest BCUT2D eigenvalue weighted by Gasteiger charge is 2.24. The lowest BCUT2D eigenvalue weighted by Crippen LogP contribution is -2.32. The summed E-state index contributed by atoms with van der Waals surface area (Å²) in [4.78, 5) is 10.8. The SMILES string of the molecule is CCCNc1nccc(N2CCCC2CO)n1. The van der Waals surface area contributed by atoms with Crippen molar-refractivity contribution in [1.29, 1.82) is 0 Å². The Balaban J connectivity index is 2.09. The molecule has 1 aromatic rings. The van der Waals surface area contributed by atoms with E-state index in [0.717, 1.165) is 38.2 Å². The minimum atomic E-state index is 0.196. The van der Waals surface area contributed by atoms with E-state index in [9.17, 15) is 5.11 Å². The van der Waals surface area contributed by atoms with Gasteiger partial charge >= 0.3 is 0 Å². The number of nitrogens with one attached hydrogen (secondary N) is 1. The van der Waals surface area contributed by atoms with Crippen LogP contribution in [0.3, 0.4) is 0 Å². The number of anilines is 2. The average Bonchev–Trinajstić information content (AvgIpc) is 2.85. The second kappa shape index (κ2) is 5.82. The van der Waals surface area contributed by atoms with E-state index < -0.39 is 0 Å². The molecule has 2 N–H and O–H groups in total. The van der Waals surface area contributed by atoms with Crippen LogP contribution in [0.15, 0.2) is 12.3 Å². The van der Waals surface area contributed by atoms with Crippen molar-refractivity contribution in [3.05, 3.63) is 12.3 Å². The van der Waals surface area contributed by atoms with Gasteiger partial charge in [0.15, 0.2) is 0 Å². The first-order valence-corrected chi connectivity index (χ1v) is 6.29. The minimum Gasteiger partial charge on any atom is -0.394 e. The summed E-state index contributed by atoms with van der Waals surface area (Å²) in [5, 5.41) is 12.5. The second-order valence-corrected chi connectivity index (χ2v) is 4.34. The molecule has 1 fully saturated rings. The summed E-state index contributed by atoms with van der Waals surface area (Å²) >= 11 is 0. The van der Waals surface area contributed by atoms with Crippen LogP contribution in [0.5, 0.6) is 0 Å². The molecule has 1 aliphatic heterocycles. The summed E-state index contributed by atoms with van der Waals surface area (Å²) in [6, 6.07) is 2.12. The van der Waals surface area contributed by atoms with Gasteiger partial charge in [0.25, 0.3) is 0 Å². The molecule has 2 rings (SSSR count). The fourth-order valence-corrected chi connectivity index (χ4v) is 2.16. The lowest BCUT2D eigenvalue weighted by Gasteiger charge is -2.24. The Morgan fingerprint density at radius 3 is 3.24 bits per heavy atom. The first-order valence-electron chi connectivity index (χ1n) is 6.29. The van der Waals surface area contributed by atoms with Gasteiger partial charge in [-0.15, -0.1) is 0 Å². The van der Waals surface area contributed by atoms with Crippen molar-refractivity contribution in [3.63, 3.8) is 0 Å². The zero-order valence-electron chi connectivity index (χ0n) is 10.3. The molecule has 94 valence electrons. The molecule has 1 saturated heterocycles. The van der Waals surface area contributed by atoms with Crippen LogP contribution in [0, 0.1) is 0 Å². The third-order valence-electron chi connectivity index (χ3n) is 3.06. The molecule has 5 nitrogen and oxygen atoms in total. The van der Waals surface area contributed by atoms with E-state index >= 15 is 0 Å². The quantitative estimate of drug-likeness (QED) is 0.806. The fourth-order valence-electron chi connectivity index (χ4n) is 2.16. The van der Waals surface area contributed by atoms with Crippen molar-refractivity contribution < 1.29 is 5.11 Å². The van der Waals surface area contributed by atoms with E-state index in [0.29, 0.717) is 5.95 Å². The maximum absolute atomic E-state index is 9.31. The van der Waals surface area contributed by atoms with E-state index in [4.69, 9.17) is 0 Å². The lowest BCUT2D eigenvalue weighted by atomic mass is 10.2. The number of aliphatic hydroxyl groups is 1. The first-order chi connectivity index (χ1) is 8.35. The number of hydrogen-bond acceptors (Lipinski definition) is 5. The highest BCUT2D eigenvalue weighted by Crippen LogP contribution is 2.23. The van der Waals surface area contributed by atoms with Crippen LogP contribution in [0.1, 0.15) is 26.2 Å². The molecular formula is C12H20N4O. The number of nitrogens with zero attached hydrogens (tertiary/aromatic N) is 3. The number of hydrogen-bond donors (Lipinski definition) is 2. The van der Waals surface area contributed by atoms with Gasteiger partial charge in [0.05, 0.1) is 12.6 Å². The van der Waals surface area contributed by atoms with Crippen LogP contribution < -0.4 is 10.2 Å². The molecule has 0 amide bonds. The molecule has 0 spiro atoms. The zero-order valence-corrected chi connectivity index (χ0v) is 10.3. The summed E-state index contributed by atoms with van der Waals surface area (Å²) in [6.07, 6.45) is 4.98. The van der Waals surface area contributed by atoms with Crippen molar-refractivity contribution in [1.82, 2.24) is 9.97 Å². The van der Waals surface area contributed by atoms with E-state index in [2.05, 4.69) is 27.1 Å². The highest BCUT2D eigenvalue weighted by molar-refractivity contribution is 5.44. The second-order valence-electron chi connectivity index (χ2n) is 4.34. The Labute approximate surface area is 102 Å². The monoisotopic (exact) mass is 236 g/mol. The molecule has 17 heavy (non-hydrogen) atoms. The van der Waals surface area contributed by atoms with Gasteiger partial charge in [-0.2, -0.15) is 4.98 Å². The Morgan fingerprint density at radius 2 is 2.47 bits per heavy atom. The van der Waals surface area contributed by atoms with E-state index in [1.54, 1.807) is 6.20 Å². The summed E-state index contributed by atoms with van der Waals surface area (Å²) in [5.41, 5.74) is 0. The molecule has 1 aliphatic rings. The molecular weight excluding hydrogens is 216 g/mol. The predicted octanol–water partition coefficient (Wildman–Crippen LogP) is 1.26. The summed E-state index contributed by atoms with van der Waals surface area (Å²) in [6.45, 7) is 4.16. The van der Waals surface area contributed by atoms with Crippen molar-refractivity contribution in [2.75, 3.05) is 29.9 Å². The minimum absolute atomic E-state index is 0.196. The molecule has 0 saturated carbocycles. The van der Waals surface area contributed by atoms with Gasteiger partial charge in [0.1, 0.15) is 5.82 Å². The maximum Gasteiger partial charge on any atom is 0.224 e. The number of aromatic nitrogens is 2. The van der Waals surface area contributed by atoms with E-state index in [1.165, 1.54) is 0 Å². The first kappa shape index (κ1) is 12.1. The van der Waals surface area contributed by atoms with Crippen molar-refractivity contribution >= 4 is 11.8 Å². The largest absolute Gasteiger partial charge is 0.394 e. The van der Waals surface area contributed by atoms with Crippen LogP contribution in [0.4, 0.5) is 11.8 Å². The van der Waals surface area contributed by atoms with Gasteiger partial charge in [0.2, 0.25) is 5.95 Å². The summed E-state index contributed by atoms with van der Waals surface area (Å²) in [7, 11) is 0. The van der Waals surface area contributed by atoms with Gasteiger partial charge in [0, 0.05) is 19.3 Å². The highest BCUT2D eigenvalue weighted by atomic mass is 16.3. The Kier molecular flexibility index (Phi) is 4.14. The van der Waals surface area contributed by atoms with Crippen LogP contribution in [0.2, 0.25) is 0 Å². The summed E-state index contributed by atoms with van der Waals surface area (Å²) in [5.74, 6) is 1.59. The molecule has 1 unspecified atom stereocenters. The molecule has 0 radical (unpaired) electrons. The average molecular weight is 236 g/mol. The normalized spacial score (nSPS) is 19.6. The number of rotatable bonds is 5. The van der Waals surface area contributed by atoms with Crippen LogP contribution >= 0.6 is 0 Å². The van der Waals surface area contributed by atoms with Gasteiger partial charge in [-0.3, -0.25) is 0 Å². The lowest BCUT2D eigenvalue weighted by molar-refractivity contribution is 0.266. The molecule has 0 aromatic carbocycles. The Hall–Kier alpha value is -1.36. The van der Waals surface area contributed by atoms with Gasteiger partial charge in [-0.05, 0) is 25.3 Å². The molecule has 5 heteroatoms. The predicted molar refractivity (Wildman–Crippen MR) is 68.3 cm³/mol. The Bertz CT molecular complexity index is 358. The molecule has 1 aromatic heterocycles. The standard InChI is InChI=1S/C12H20N4O/c1-2-6-13-12-14-7-5-11(15-12)16-8-3-4-10(16)9-17/h5,7,10,17H,2-4,6,8-9H2,1H3,(H,13,14,15). The van der Waals surface area contributed by atoms with Crippen molar-refractivity contribution in [2.45, 2.75) is 32.2 Å². The smallest absolute Gasteiger partial charge is 0.224 e. The summed E-state index contributed by atoms with van der Waals surface area (Å²) < 4.78 is 0. The van der Waals surface area contributed by atoms with Crippen LogP contribution in [0.25, 0.3) is 0 Å². The molecule has 0 aliphatic carbocycles. The van der Waals surface area contributed by atoms with E-state index in [1.807, 2.05) is 6.07 Å². The third kappa shape index (κ3) is 2.85. The number of aliphatic hydroxyl groups excluding tert-OH is 1. The third-order valence-corrected chi connectivity index (χ3v) is 3.06. The zero-order chi connectivity index (χ0) is 12.1. The topological polar surface area (TPSA) is 61.3 Å². The molecule has 2 heterocycles. The van der Waals surface area contributed by atoms with Crippen LogP contribution in [-0.2, 0) is 0 Å². The van der Waals surface area contributed by atoms with Gasteiger partial charge in [-0.1, -0.05) is 6.92 Å². The van der Waals surface area contributed by atoms with Gasteiger partial charge < -0.3 is 15.3 Å². The maximum atomic E-state index is 9.31. The molecule has 0 bridgehead atoms. The van der Waals surface area contributed by atoms with E-state index in [-0.39, 0.29) is 12.6 Å². The van der Waals surface area contributed by atoms with Crippen molar-refractivity contribution in [2.24, 2.45) is 0 Å². The fraction of sp³-hybridized carbons (Fsp3) is 0.667. The Morgan fingerprint density at radius 1 is 1.59 bits per heavy atom. The van der Waals surface area contributed by atoms with Crippen molar-refractivity contribution in [3.8, 4) is 0 Å². The van der Waals surface area contributed by atoms with Crippen LogP contribution in [-0.4, -0.2) is 40.8 Å². The van der Waals surface area contributed by atoms with Gasteiger partial charge in [-0.25, -0.2) is 4.98 Å². The molecule has 1 atom stereocenters.